The predicted molar refractivity (Wildman–Crippen MR) is 70.8 cm³/mol. The van der Waals surface area contributed by atoms with Gasteiger partial charge in [0, 0.05) is 6.61 Å². The van der Waals surface area contributed by atoms with E-state index in [0.29, 0.717) is 4.77 Å². The van der Waals surface area contributed by atoms with Crippen molar-refractivity contribution in [3.05, 3.63) is 28.8 Å². The third-order valence-electron chi connectivity index (χ3n) is 3.59. The van der Waals surface area contributed by atoms with Crippen LogP contribution in [-0.2, 0) is 4.74 Å². The molecule has 1 N–H and O–H groups in total. The highest BCUT2D eigenvalue weighted by Crippen LogP contribution is 2.28. The summed E-state index contributed by atoms with van der Waals surface area (Å²) in [6, 6.07) is 4.80. The first-order chi connectivity index (χ1) is 8.66. The fourth-order valence-corrected chi connectivity index (χ4v) is 3.02. The van der Waals surface area contributed by atoms with Crippen molar-refractivity contribution in [2.75, 3.05) is 6.61 Å². The molecule has 1 aliphatic rings. The average molecular weight is 266 g/mol. The Morgan fingerprint density at radius 2 is 2.39 bits per heavy atom. The number of aromatic nitrogens is 2. The molecule has 3 nitrogen and oxygen atoms in total. The van der Waals surface area contributed by atoms with Gasteiger partial charge in [0.2, 0.25) is 0 Å². The van der Waals surface area contributed by atoms with E-state index in [2.05, 4.69) is 11.9 Å². The van der Waals surface area contributed by atoms with E-state index in [4.69, 9.17) is 17.0 Å². The number of hydrogen-bond acceptors (Lipinski definition) is 2. The highest BCUT2D eigenvalue weighted by Gasteiger charge is 2.25. The molecule has 1 aromatic carbocycles. The fourth-order valence-electron chi connectivity index (χ4n) is 2.65. The van der Waals surface area contributed by atoms with Crippen LogP contribution in [0.15, 0.2) is 18.2 Å². The van der Waals surface area contributed by atoms with Crippen molar-refractivity contribution in [1.82, 2.24) is 9.55 Å². The largest absolute Gasteiger partial charge is 0.376 e. The molecule has 5 heteroatoms. The summed E-state index contributed by atoms with van der Waals surface area (Å²) in [7, 11) is 0. The van der Waals surface area contributed by atoms with Crippen LogP contribution in [0.2, 0.25) is 0 Å². The van der Waals surface area contributed by atoms with Gasteiger partial charge in [0.1, 0.15) is 5.82 Å². The van der Waals surface area contributed by atoms with E-state index in [0.717, 1.165) is 30.5 Å². The minimum absolute atomic E-state index is 0.121. The van der Waals surface area contributed by atoms with E-state index in [9.17, 15) is 4.39 Å². The van der Waals surface area contributed by atoms with Gasteiger partial charge in [-0.15, -0.1) is 0 Å². The summed E-state index contributed by atoms with van der Waals surface area (Å²) in [6.45, 7) is 2.88. The normalized spacial score (nSPS) is 21.6. The van der Waals surface area contributed by atoms with Gasteiger partial charge in [-0.2, -0.15) is 0 Å². The van der Waals surface area contributed by atoms with Crippen molar-refractivity contribution in [2.45, 2.75) is 31.9 Å². The van der Waals surface area contributed by atoms with Crippen LogP contribution in [0.5, 0.6) is 0 Å². The first-order valence-electron chi connectivity index (χ1n) is 6.18. The second-order valence-electron chi connectivity index (χ2n) is 4.75. The molecule has 1 aliphatic heterocycles. The number of hydrogen-bond donors (Lipinski definition) is 1. The van der Waals surface area contributed by atoms with E-state index < -0.39 is 0 Å². The van der Waals surface area contributed by atoms with Gasteiger partial charge in [-0.25, -0.2) is 4.39 Å². The molecule has 0 spiro atoms. The lowest BCUT2D eigenvalue weighted by Crippen LogP contribution is -2.20. The van der Waals surface area contributed by atoms with Crippen LogP contribution in [0, 0.1) is 10.6 Å². The van der Waals surface area contributed by atoms with E-state index in [1.807, 2.05) is 4.57 Å². The second-order valence-corrected chi connectivity index (χ2v) is 5.14. The van der Waals surface area contributed by atoms with Crippen LogP contribution in [0.3, 0.4) is 0 Å². The Bertz CT molecular complexity index is 627. The standard InChI is InChI=1S/C13H15FN2OS/c1-8(12-3-2-6-17-12)16-11-7-9(14)4-5-10(11)15-13(16)18/h4-5,7-8,12H,2-3,6H2,1H3,(H,15,18). The maximum atomic E-state index is 13.4. The molecule has 3 rings (SSSR count). The number of imidazole rings is 1. The van der Waals surface area contributed by atoms with E-state index in [1.165, 1.54) is 12.1 Å². The fraction of sp³-hybridized carbons (Fsp3) is 0.462. The lowest BCUT2D eigenvalue weighted by atomic mass is 10.1. The Labute approximate surface area is 110 Å². The molecule has 0 bridgehead atoms. The number of nitrogens with zero attached hydrogens (tertiary/aromatic N) is 1. The minimum Gasteiger partial charge on any atom is -0.376 e. The summed E-state index contributed by atoms with van der Waals surface area (Å²) in [5.41, 5.74) is 1.68. The van der Waals surface area contributed by atoms with Crippen LogP contribution < -0.4 is 0 Å². The molecule has 2 unspecified atom stereocenters. The van der Waals surface area contributed by atoms with Gasteiger partial charge in [-0.05, 0) is 50.2 Å². The van der Waals surface area contributed by atoms with Gasteiger partial charge < -0.3 is 14.3 Å². The van der Waals surface area contributed by atoms with Gasteiger partial charge in [-0.3, -0.25) is 0 Å². The Kier molecular flexibility index (Phi) is 2.95. The molecule has 0 amide bonds. The third kappa shape index (κ3) is 1.87. The lowest BCUT2D eigenvalue weighted by molar-refractivity contribution is 0.0741. The van der Waals surface area contributed by atoms with Crippen molar-refractivity contribution in [3.63, 3.8) is 0 Å². The molecular formula is C13H15FN2OS. The number of H-pyrrole nitrogens is 1. The quantitative estimate of drug-likeness (QED) is 0.842. The molecule has 1 aromatic heterocycles. The molecule has 2 heterocycles. The van der Waals surface area contributed by atoms with Gasteiger partial charge >= 0.3 is 0 Å². The molecule has 2 aromatic rings. The SMILES string of the molecule is CC(C1CCCO1)n1c(=S)[nH]c2ccc(F)cc21. The van der Waals surface area contributed by atoms with Crippen LogP contribution in [-0.4, -0.2) is 22.3 Å². The number of halogens is 1. The summed E-state index contributed by atoms with van der Waals surface area (Å²) < 4.78 is 21.7. The maximum Gasteiger partial charge on any atom is 0.178 e. The number of benzene rings is 1. The molecule has 1 saturated heterocycles. The molecular weight excluding hydrogens is 251 g/mol. The van der Waals surface area contributed by atoms with Crippen molar-refractivity contribution >= 4 is 23.3 Å². The van der Waals surface area contributed by atoms with Crippen molar-refractivity contribution in [2.24, 2.45) is 0 Å². The van der Waals surface area contributed by atoms with E-state index in [-0.39, 0.29) is 18.0 Å². The third-order valence-corrected chi connectivity index (χ3v) is 3.89. The van der Waals surface area contributed by atoms with Crippen LogP contribution >= 0.6 is 12.2 Å². The number of nitrogens with one attached hydrogen (secondary N) is 1. The smallest absolute Gasteiger partial charge is 0.178 e. The topological polar surface area (TPSA) is 29.9 Å². The van der Waals surface area contributed by atoms with Crippen molar-refractivity contribution in [1.29, 1.82) is 0 Å². The van der Waals surface area contributed by atoms with Crippen molar-refractivity contribution < 1.29 is 9.13 Å². The average Bonchev–Trinajstić information content (AvgIpc) is 2.94. The van der Waals surface area contributed by atoms with Gasteiger partial charge in [-0.1, -0.05) is 0 Å². The van der Waals surface area contributed by atoms with E-state index >= 15 is 0 Å². The number of ether oxygens (including phenoxy) is 1. The Morgan fingerprint density at radius 3 is 3.11 bits per heavy atom. The van der Waals surface area contributed by atoms with Gasteiger partial charge in [0.05, 0.1) is 23.2 Å². The zero-order valence-electron chi connectivity index (χ0n) is 10.1. The predicted octanol–water partition coefficient (Wildman–Crippen LogP) is 3.58. The summed E-state index contributed by atoms with van der Waals surface area (Å²) in [4.78, 5) is 3.11. The summed E-state index contributed by atoms with van der Waals surface area (Å²) in [5.74, 6) is -0.246. The maximum absolute atomic E-state index is 13.4. The molecule has 18 heavy (non-hydrogen) atoms. The molecule has 0 aliphatic carbocycles. The van der Waals surface area contributed by atoms with Gasteiger partial charge in [0.15, 0.2) is 4.77 Å². The van der Waals surface area contributed by atoms with Gasteiger partial charge in [0.25, 0.3) is 0 Å². The molecule has 96 valence electrons. The number of aromatic amines is 1. The Hall–Kier alpha value is -1.20. The molecule has 1 fully saturated rings. The first kappa shape index (κ1) is 11.9. The minimum atomic E-state index is -0.246. The highest BCUT2D eigenvalue weighted by atomic mass is 32.1. The Balaban J connectivity index is 2.12. The van der Waals surface area contributed by atoms with Crippen LogP contribution in [0.1, 0.15) is 25.8 Å². The number of fused-ring (bicyclic) bond motifs is 1. The van der Waals surface area contributed by atoms with E-state index in [1.54, 1.807) is 6.07 Å². The summed E-state index contributed by atoms with van der Waals surface area (Å²) >= 11 is 5.34. The van der Waals surface area contributed by atoms with Crippen molar-refractivity contribution in [3.8, 4) is 0 Å². The van der Waals surface area contributed by atoms with Crippen LogP contribution in [0.25, 0.3) is 11.0 Å². The summed E-state index contributed by atoms with van der Waals surface area (Å²) in [5, 5.41) is 0. The molecule has 2 atom stereocenters. The monoisotopic (exact) mass is 266 g/mol. The Morgan fingerprint density at radius 1 is 1.56 bits per heavy atom. The lowest BCUT2D eigenvalue weighted by Gasteiger charge is -2.20. The second kappa shape index (κ2) is 4.48. The summed E-state index contributed by atoms with van der Waals surface area (Å²) in [6.07, 6.45) is 2.28. The first-order valence-corrected chi connectivity index (χ1v) is 6.59. The zero-order chi connectivity index (χ0) is 12.7. The molecule has 0 radical (unpaired) electrons. The van der Waals surface area contributed by atoms with Crippen LogP contribution in [0.4, 0.5) is 4.39 Å². The molecule has 0 saturated carbocycles. The highest BCUT2D eigenvalue weighted by molar-refractivity contribution is 7.71. The number of rotatable bonds is 2. The zero-order valence-corrected chi connectivity index (χ0v) is 11.0.